The van der Waals surface area contributed by atoms with Gasteiger partial charge < -0.3 is 20.3 Å². The smallest absolute Gasteiger partial charge is 0.305 e. The van der Waals surface area contributed by atoms with Gasteiger partial charge in [-0.1, -0.05) is 352 Å². The molecule has 6 heteroatoms. The van der Waals surface area contributed by atoms with E-state index in [2.05, 4.69) is 55.6 Å². The lowest BCUT2D eigenvalue weighted by molar-refractivity contribution is -0.143. The number of esters is 1. The normalized spacial score (nSPS) is 12.7. The highest BCUT2D eigenvalue weighted by Crippen LogP contribution is 2.19. The first-order chi connectivity index (χ1) is 40.5. The summed E-state index contributed by atoms with van der Waals surface area (Å²) in [6.07, 6.45) is 92.2. The standard InChI is InChI=1S/C76H145NO5/c1-3-5-7-9-11-13-15-17-19-42-46-50-54-58-62-66-70-76(81)82-71-67-63-59-55-51-47-43-40-38-36-34-32-30-28-26-24-22-20-21-23-25-27-29-31-33-35-37-39-41-45-49-53-57-61-65-69-75(80)77-73(72-78)74(79)68-64-60-56-52-48-44-18-16-14-12-10-8-6-4-2/h13,15,19,22,24,42,73-74,78-79H,3-12,14,16-18,20-21,23,25-41,43-72H2,1-2H3,(H,77,80)/b15-13-,24-22-,42-19-. The SMILES string of the molecule is CCCCCC/C=C\C/C=C\CCCCCCCC(=O)OCCCCCCCCCCCCCCCC/C=C\CCCCCCCCCCCCCCCCCCCC(=O)NC(CO)C(O)CCCCCCCCCCCCCCCC. The number of carbonyl (C=O) groups is 2. The number of amides is 1. The van der Waals surface area contributed by atoms with E-state index in [1.54, 1.807) is 0 Å². The van der Waals surface area contributed by atoms with Gasteiger partial charge in [-0.05, 0) is 83.5 Å². The zero-order chi connectivity index (χ0) is 59.2. The number of unbranched alkanes of at least 4 members (excludes halogenated alkanes) is 53. The predicted molar refractivity (Wildman–Crippen MR) is 361 cm³/mol. The molecule has 82 heavy (non-hydrogen) atoms. The molecule has 3 N–H and O–H groups in total. The molecule has 0 aliphatic heterocycles. The van der Waals surface area contributed by atoms with Crippen LogP contribution >= 0.6 is 0 Å². The lowest BCUT2D eigenvalue weighted by Gasteiger charge is -2.22. The van der Waals surface area contributed by atoms with Gasteiger partial charge in [0, 0.05) is 12.8 Å². The van der Waals surface area contributed by atoms with Gasteiger partial charge in [-0.15, -0.1) is 0 Å². The Kier molecular flexibility index (Phi) is 69.9. The van der Waals surface area contributed by atoms with Crippen molar-refractivity contribution >= 4 is 11.9 Å². The molecule has 0 saturated heterocycles. The van der Waals surface area contributed by atoms with Gasteiger partial charge in [0.1, 0.15) is 0 Å². The molecule has 0 aromatic heterocycles. The number of carbonyl (C=O) groups excluding carboxylic acids is 2. The van der Waals surface area contributed by atoms with Crippen molar-refractivity contribution in [1.29, 1.82) is 0 Å². The molecule has 0 aromatic carbocycles. The molecule has 0 spiro atoms. The molecule has 2 unspecified atom stereocenters. The molecule has 0 saturated carbocycles. The summed E-state index contributed by atoms with van der Waals surface area (Å²) in [5.74, 6) is -0.0218. The molecular formula is C76H145NO5. The third-order valence-corrected chi connectivity index (χ3v) is 17.4. The molecule has 0 aromatic rings. The van der Waals surface area contributed by atoms with E-state index in [9.17, 15) is 19.8 Å². The van der Waals surface area contributed by atoms with Crippen molar-refractivity contribution in [2.24, 2.45) is 0 Å². The average Bonchev–Trinajstić information content (AvgIpc) is 3.48. The molecule has 0 fully saturated rings. The maximum atomic E-state index is 12.5. The fourth-order valence-electron chi connectivity index (χ4n) is 11.7. The van der Waals surface area contributed by atoms with Crippen molar-refractivity contribution in [2.45, 2.75) is 424 Å². The van der Waals surface area contributed by atoms with E-state index in [0.717, 1.165) is 51.4 Å². The lowest BCUT2D eigenvalue weighted by atomic mass is 10.0. The van der Waals surface area contributed by atoms with Crippen molar-refractivity contribution in [3.63, 3.8) is 0 Å². The number of aliphatic hydroxyl groups is 2. The number of hydrogen-bond acceptors (Lipinski definition) is 5. The van der Waals surface area contributed by atoms with Gasteiger partial charge in [-0.25, -0.2) is 0 Å². The number of hydrogen-bond donors (Lipinski definition) is 3. The Balaban J connectivity index is 3.33. The second-order valence-electron chi connectivity index (χ2n) is 25.6. The number of rotatable bonds is 70. The molecule has 0 bridgehead atoms. The van der Waals surface area contributed by atoms with Crippen LogP contribution in [0.1, 0.15) is 412 Å². The zero-order valence-electron chi connectivity index (χ0n) is 55.5. The van der Waals surface area contributed by atoms with Gasteiger partial charge in [0.15, 0.2) is 0 Å². The molecule has 1 amide bonds. The van der Waals surface area contributed by atoms with Crippen molar-refractivity contribution in [3.8, 4) is 0 Å². The van der Waals surface area contributed by atoms with Crippen molar-refractivity contribution in [2.75, 3.05) is 13.2 Å². The molecule has 0 heterocycles. The highest BCUT2D eigenvalue weighted by Gasteiger charge is 2.20. The molecule has 0 aliphatic rings. The number of nitrogens with one attached hydrogen (secondary N) is 1. The van der Waals surface area contributed by atoms with Gasteiger partial charge in [-0.2, -0.15) is 0 Å². The Hall–Kier alpha value is -1.92. The fraction of sp³-hybridized carbons (Fsp3) is 0.895. The first-order valence-corrected chi connectivity index (χ1v) is 37.2. The van der Waals surface area contributed by atoms with Gasteiger partial charge >= 0.3 is 5.97 Å². The van der Waals surface area contributed by atoms with Gasteiger partial charge in [0.2, 0.25) is 5.91 Å². The lowest BCUT2D eigenvalue weighted by Crippen LogP contribution is -2.45. The van der Waals surface area contributed by atoms with Crippen LogP contribution in [0.2, 0.25) is 0 Å². The quantitative estimate of drug-likeness (QED) is 0.0320. The molecule has 0 rings (SSSR count). The average molecular weight is 1150 g/mol. The Labute approximate surface area is 513 Å². The molecule has 0 radical (unpaired) electrons. The molecule has 2 atom stereocenters. The molecule has 0 aliphatic carbocycles. The van der Waals surface area contributed by atoms with Crippen molar-refractivity contribution in [3.05, 3.63) is 36.5 Å². The summed E-state index contributed by atoms with van der Waals surface area (Å²) >= 11 is 0. The summed E-state index contributed by atoms with van der Waals surface area (Å²) in [6, 6.07) is -0.538. The minimum atomic E-state index is -0.661. The van der Waals surface area contributed by atoms with E-state index in [1.165, 1.54) is 327 Å². The third-order valence-electron chi connectivity index (χ3n) is 17.4. The highest BCUT2D eigenvalue weighted by atomic mass is 16.5. The van der Waals surface area contributed by atoms with E-state index in [4.69, 9.17) is 4.74 Å². The van der Waals surface area contributed by atoms with Crippen LogP contribution in [-0.2, 0) is 14.3 Å². The van der Waals surface area contributed by atoms with Crippen molar-refractivity contribution in [1.82, 2.24) is 5.32 Å². The minimum absolute atomic E-state index is 0.00712. The monoisotopic (exact) mass is 1150 g/mol. The molecule has 484 valence electrons. The Morgan fingerprint density at radius 2 is 0.610 bits per heavy atom. The van der Waals surface area contributed by atoms with Crippen LogP contribution in [0, 0.1) is 0 Å². The summed E-state index contributed by atoms with van der Waals surface area (Å²) in [5.41, 5.74) is 0. The molecule has 6 nitrogen and oxygen atoms in total. The van der Waals surface area contributed by atoms with Gasteiger partial charge in [0.25, 0.3) is 0 Å². The van der Waals surface area contributed by atoms with Gasteiger partial charge in [0.05, 0.1) is 25.4 Å². The fourth-order valence-corrected chi connectivity index (χ4v) is 11.7. The number of allylic oxidation sites excluding steroid dienone is 6. The van der Waals surface area contributed by atoms with Crippen LogP contribution in [-0.4, -0.2) is 47.4 Å². The third kappa shape index (κ3) is 67.2. The Morgan fingerprint density at radius 1 is 0.341 bits per heavy atom. The van der Waals surface area contributed by atoms with E-state index in [0.29, 0.717) is 25.9 Å². The predicted octanol–water partition coefficient (Wildman–Crippen LogP) is 24.3. The first-order valence-electron chi connectivity index (χ1n) is 37.2. The van der Waals surface area contributed by atoms with E-state index >= 15 is 0 Å². The Bertz CT molecular complexity index is 1330. The highest BCUT2D eigenvalue weighted by molar-refractivity contribution is 5.76. The van der Waals surface area contributed by atoms with Crippen LogP contribution in [0.5, 0.6) is 0 Å². The topological polar surface area (TPSA) is 95.9 Å². The maximum absolute atomic E-state index is 12.5. The van der Waals surface area contributed by atoms with Crippen LogP contribution in [0.25, 0.3) is 0 Å². The number of aliphatic hydroxyl groups excluding tert-OH is 2. The summed E-state index contributed by atoms with van der Waals surface area (Å²) in [7, 11) is 0. The van der Waals surface area contributed by atoms with Crippen LogP contribution in [0.15, 0.2) is 36.5 Å². The van der Waals surface area contributed by atoms with Crippen molar-refractivity contribution < 1.29 is 24.5 Å². The first kappa shape index (κ1) is 80.1. The van der Waals surface area contributed by atoms with Crippen LogP contribution in [0.4, 0.5) is 0 Å². The summed E-state index contributed by atoms with van der Waals surface area (Å²) in [6.45, 7) is 4.96. The van der Waals surface area contributed by atoms with E-state index < -0.39 is 12.1 Å². The Morgan fingerprint density at radius 3 is 0.951 bits per heavy atom. The summed E-state index contributed by atoms with van der Waals surface area (Å²) in [4.78, 5) is 24.6. The second kappa shape index (κ2) is 71.6. The van der Waals surface area contributed by atoms with Crippen LogP contribution < -0.4 is 5.32 Å². The summed E-state index contributed by atoms with van der Waals surface area (Å²) < 4.78 is 5.49. The number of ether oxygens (including phenoxy) is 1. The van der Waals surface area contributed by atoms with E-state index in [1.807, 2.05) is 0 Å². The van der Waals surface area contributed by atoms with Crippen LogP contribution in [0.3, 0.4) is 0 Å². The summed E-state index contributed by atoms with van der Waals surface area (Å²) in [5, 5.41) is 23.3. The largest absolute Gasteiger partial charge is 0.466 e. The minimum Gasteiger partial charge on any atom is -0.466 e. The molecular weight excluding hydrogens is 1010 g/mol. The van der Waals surface area contributed by atoms with E-state index in [-0.39, 0.29) is 18.5 Å². The second-order valence-corrected chi connectivity index (χ2v) is 25.6. The maximum Gasteiger partial charge on any atom is 0.305 e. The zero-order valence-corrected chi connectivity index (χ0v) is 55.5. The van der Waals surface area contributed by atoms with Gasteiger partial charge in [-0.3, -0.25) is 9.59 Å².